The number of hydrogen-bond donors (Lipinski definition) is 1. The Hall–Kier alpha value is -2.83. The first-order valence-electron chi connectivity index (χ1n) is 11.9. The minimum atomic E-state index is -0.0465. The number of carbonyl (C=O) groups is 2. The predicted molar refractivity (Wildman–Crippen MR) is 119 cm³/mol. The maximum absolute atomic E-state index is 13.1. The minimum absolute atomic E-state index is 0.0465. The SMILES string of the molecule is O=C(CC12CC3CC(CC(C3)C1)C2)Nc1ncnc2c1CCN(C(=O)c1cccnc1)C2. The van der Waals surface area contributed by atoms with Gasteiger partial charge in [-0.3, -0.25) is 14.6 Å². The predicted octanol–water partition coefficient (Wildman–Crippen LogP) is 3.62. The highest BCUT2D eigenvalue weighted by Crippen LogP contribution is 2.61. The average Bonchev–Trinajstić information content (AvgIpc) is 2.77. The Balaban J connectivity index is 1.15. The van der Waals surface area contributed by atoms with Crippen LogP contribution >= 0.6 is 0 Å². The average molecular weight is 432 g/mol. The molecule has 5 aliphatic rings. The van der Waals surface area contributed by atoms with Gasteiger partial charge in [-0.25, -0.2) is 9.97 Å². The quantitative estimate of drug-likeness (QED) is 0.799. The maximum atomic E-state index is 13.1. The van der Waals surface area contributed by atoms with Crippen LogP contribution in [0.1, 0.15) is 66.6 Å². The summed E-state index contributed by atoms with van der Waals surface area (Å²) in [7, 11) is 0. The van der Waals surface area contributed by atoms with E-state index in [1.165, 1.54) is 44.9 Å². The van der Waals surface area contributed by atoms with E-state index in [2.05, 4.69) is 20.3 Å². The van der Waals surface area contributed by atoms with Gasteiger partial charge in [-0.05, 0) is 80.2 Å². The Morgan fingerprint density at radius 2 is 1.84 bits per heavy atom. The molecule has 1 N–H and O–H groups in total. The Morgan fingerprint density at radius 1 is 1.09 bits per heavy atom. The molecule has 0 saturated heterocycles. The van der Waals surface area contributed by atoms with Crippen molar-refractivity contribution < 1.29 is 9.59 Å². The van der Waals surface area contributed by atoms with Crippen molar-refractivity contribution in [2.45, 2.75) is 57.9 Å². The number of hydrogen-bond acceptors (Lipinski definition) is 5. The molecule has 0 unspecified atom stereocenters. The van der Waals surface area contributed by atoms with E-state index >= 15 is 0 Å². The van der Waals surface area contributed by atoms with E-state index in [-0.39, 0.29) is 17.2 Å². The van der Waals surface area contributed by atoms with E-state index in [9.17, 15) is 9.59 Å². The molecule has 0 aromatic carbocycles. The minimum Gasteiger partial charge on any atom is -0.332 e. The summed E-state index contributed by atoms with van der Waals surface area (Å²) in [6.07, 6.45) is 13.8. The van der Waals surface area contributed by atoms with Gasteiger partial charge in [0.15, 0.2) is 0 Å². The molecule has 7 nitrogen and oxygen atoms in total. The number of carbonyl (C=O) groups excluding carboxylic acids is 2. The summed E-state index contributed by atoms with van der Waals surface area (Å²) in [5, 5.41) is 3.12. The van der Waals surface area contributed by atoms with Crippen molar-refractivity contribution in [3.63, 3.8) is 0 Å². The lowest BCUT2D eigenvalue weighted by molar-refractivity contribution is -0.124. The second-order valence-electron chi connectivity index (χ2n) is 10.5. The Bertz CT molecular complexity index is 1020. The Labute approximate surface area is 188 Å². The van der Waals surface area contributed by atoms with E-state index in [1.807, 2.05) is 0 Å². The number of fused-ring (bicyclic) bond motifs is 1. The van der Waals surface area contributed by atoms with Crippen LogP contribution in [0.3, 0.4) is 0 Å². The molecule has 1 aliphatic heterocycles. The highest BCUT2D eigenvalue weighted by atomic mass is 16.2. The summed E-state index contributed by atoms with van der Waals surface area (Å²) < 4.78 is 0. The third-order valence-corrected chi connectivity index (χ3v) is 8.16. The second-order valence-corrected chi connectivity index (χ2v) is 10.5. The van der Waals surface area contributed by atoms with Crippen LogP contribution in [0, 0.1) is 23.2 Å². The molecule has 0 spiro atoms. The molecule has 2 aromatic heterocycles. The molecule has 2 amide bonds. The van der Waals surface area contributed by atoms with Crippen molar-refractivity contribution in [2.75, 3.05) is 11.9 Å². The van der Waals surface area contributed by atoms with E-state index in [1.54, 1.807) is 29.4 Å². The van der Waals surface area contributed by atoms with Crippen LogP contribution in [0.25, 0.3) is 0 Å². The van der Waals surface area contributed by atoms with Gasteiger partial charge < -0.3 is 10.2 Å². The molecule has 32 heavy (non-hydrogen) atoms. The summed E-state index contributed by atoms with van der Waals surface area (Å²) in [5.41, 5.74) is 2.56. The van der Waals surface area contributed by atoms with Gasteiger partial charge in [-0.15, -0.1) is 0 Å². The van der Waals surface area contributed by atoms with Crippen LogP contribution in [0.4, 0.5) is 5.82 Å². The van der Waals surface area contributed by atoms with Gasteiger partial charge in [-0.2, -0.15) is 0 Å². The molecule has 166 valence electrons. The Kier molecular flexibility index (Phi) is 4.73. The van der Waals surface area contributed by atoms with Crippen LogP contribution in [-0.2, 0) is 17.8 Å². The van der Waals surface area contributed by atoms with Crippen LogP contribution in [0.15, 0.2) is 30.9 Å². The lowest BCUT2D eigenvalue weighted by atomic mass is 9.49. The third-order valence-electron chi connectivity index (χ3n) is 8.16. The zero-order valence-corrected chi connectivity index (χ0v) is 18.3. The molecule has 4 bridgehead atoms. The second kappa shape index (κ2) is 7.64. The molecule has 2 aromatic rings. The maximum Gasteiger partial charge on any atom is 0.255 e. The zero-order valence-electron chi connectivity index (χ0n) is 18.3. The number of rotatable bonds is 4. The summed E-state index contributed by atoms with van der Waals surface area (Å²) in [4.78, 5) is 40.5. The van der Waals surface area contributed by atoms with Crippen molar-refractivity contribution in [1.29, 1.82) is 0 Å². The zero-order chi connectivity index (χ0) is 21.7. The normalized spacial score (nSPS) is 30.1. The van der Waals surface area contributed by atoms with Gasteiger partial charge in [0.2, 0.25) is 5.91 Å². The van der Waals surface area contributed by atoms with E-state index in [0.29, 0.717) is 37.3 Å². The highest BCUT2D eigenvalue weighted by molar-refractivity contribution is 5.94. The van der Waals surface area contributed by atoms with Gasteiger partial charge >= 0.3 is 0 Å². The molecule has 4 aliphatic carbocycles. The number of anilines is 1. The van der Waals surface area contributed by atoms with Crippen molar-refractivity contribution in [2.24, 2.45) is 23.2 Å². The van der Waals surface area contributed by atoms with Crippen molar-refractivity contribution in [1.82, 2.24) is 19.9 Å². The van der Waals surface area contributed by atoms with Gasteiger partial charge in [0.1, 0.15) is 12.1 Å². The van der Waals surface area contributed by atoms with Crippen molar-refractivity contribution in [3.05, 3.63) is 47.7 Å². The molecular formula is C25H29N5O2. The fraction of sp³-hybridized carbons (Fsp3) is 0.560. The van der Waals surface area contributed by atoms with Crippen LogP contribution in [0.5, 0.6) is 0 Å². The molecule has 0 atom stereocenters. The lowest BCUT2D eigenvalue weighted by Gasteiger charge is -2.56. The standard InChI is InChI=1S/C25H29N5O2/c31-22(12-25-9-16-6-17(10-25)8-18(7-16)11-25)29-23-20-3-5-30(14-21(20)27-15-28-23)24(32)19-2-1-4-26-13-19/h1-2,4,13,15-18H,3,5-12,14H2,(H,27,28,29,31). The lowest BCUT2D eigenvalue weighted by Crippen LogP contribution is -2.47. The number of aromatic nitrogens is 3. The molecular weight excluding hydrogens is 402 g/mol. The third kappa shape index (κ3) is 3.57. The highest BCUT2D eigenvalue weighted by Gasteiger charge is 2.51. The van der Waals surface area contributed by atoms with Gasteiger partial charge in [-0.1, -0.05) is 0 Å². The van der Waals surface area contributed by atoms with Gasteiger partial charge in [0, 0.05) is 30.9 Å². The number of amides is 2. The first-order chi connectivity index (χ1) is 15.6. The summed E-state index contributed by atoms with van der Waals surface area (Å²) >= 11 is 0. The molecule has 4 fully saturated rings. The largest absolute Gasteiger partial charge is 0.332 e. The van der Waals surface area contributed by atoms with Crippen LogP contribution in [-0.4, -0.2) is 38.2 Å². The monoisotopic (exact) mass is 431 g/mol. The summed E-state index contributed by atoms with van der Waals surface area (Å²) in [5.74, 6) is 3.17. The van der Waals surface area contributed by atoms with Gasteiger partial charge in [0.25, 0.3) is 5.91 Å². The summed E-state index contributed by atoms with van der Waals surface area (Å²) in [6.45, 7) is 0.995. The number of nitrogens with zero attached hydrogens (tertiary/aromatic N) is 4. The number of pyridine rings is 1. The van der Waals surface area contributed by atoms with E-state index < -0.39 is 0 Å². The fourth-order valence-electron chi connectivity index (χ4n) is 7.33. The smallest absolute Gasteiger partial charge is 0.255 e. The van der Waals surface area contributed by atoms with E-state index in [0.717, 1.165) is 29.0 Å². The Morgan fingerprint density at radius 3 is 2.53 bits per heavy atom. The molecule has 7 rings (SSSR count). The summed E-state index contributed by atoms with van der Waals surface area (Å²) in [6, 6.07) is 3.55. The molecule has 3 heterocycles. The molecule has 0 radical (unpaired) electrons. The van der Waals surface area contributed by atoms with Crippen LogP contribution < -0.4 is 5.32 Å². The van der Waals surface area contributed by atoms with Crippen molar-refractivity contribution >= 4 is 17.6 Å². The van der Waals surface area contributed by atoms with Crippen molar-refractivity contribution in [3.8, 4) is 0 Å². The van der Waals surface area contributed by atoms with Crippen LogP contribution in [0.2, 0.25) is 0 Å². The molecule has 7 heteroatoms. The van der Waals surface area contributed by atoms with Gasteiger partial charge in [0.05, 0.1) is 17.8 Å². The number of nitrogens with one attached hydrogen (secondary N) is 1. The first-order valence-corrected chi connectivity index (χ1v) is 11.9. The van der Waals surface area contributed by atoms with E-state index in [4.69, 9.17) is 0 Å². The molecule has 4 saturated carbocycles. The topological polar surface area (TPSA) is 88.1 Å². The first kappa shape index (κ1) is 19.8. The fourth-order valence-corrected chi connectivity index (χ4v) is 7.33.